The van der Waals surface area contributed by atoms with E-state index in [1.165, 1.54) is 14.0 Å². The van der Waals surface area contributed by atoms with Gasteiger partial charge in [-0.25, -0.2) is 4.79 Å². The molecule has 6 nitrogen and oxygen atoms in total. The number of carbonyl (C=O) groups is 2. The topological polar surface area (TPSA) is 77.8 Å². The van der Waals surface area contributed by atoms with Crippen molar-refractivity contribution in [1.29, 1.82) is 0 Å². The SMILES string of the molecule is COc1ccccc1NC(=O)[C@H](C)OC(=O)c1oc2ccc(Cl)cc2c1C. The Morgan fingerprint density at radius 3 is 2.67 bits per heavy atom. The van der Waals surface area contributed by atoms with Gasteiger partial charge >= 0.3 is 5.97 Å². The van der Waals surface area contributed by atoms with E-state index in [9.17, 15) is 9.59 Å². The van der Waals surface area contributed by atoms with Gasteiger partial charge in [-0.15, -0.1) is 0 Å². The van der Waals surface area contributed by atoms with Crippen LogP contribution in [-0.4, -0.2) is 25.1 Å². The largest absolute Gasteiger partial charge is 0.495 e. The van der Waals surface area contributed by atoms with Gasteiger partial charge in [0, 0.05) is 16.0 Å². The molecule has 1 aromatic heterocycles. The molecule has 0 unspecified atom stereocenters. The highest BCUT2D eigenvalue weighted by atomic mass is 35.5. The van der Waals surface area contributed by atoms with E-state index in [-0.39, 0.29) is 5.76 Å². The lowest BCUT2D eigenvalue weighted by atomic mass is 10.1. The Morgan fingerprint density at radius 1 is 1.19 bits per heavy atom. The van der Waals surface area contributed by atoms with Crippen LogP contribution in [0.4, 0.5) is 5.69 Å². The number of halogens is 1. The number of benzene rings is 2. The number of aryl methyl sites for hydroxylation is 1. The highest BCUT2D eigenvalue weighted by Crippen LogP contribution is 2.29. The lowest BCUT2D eigenvalue weighted by molar-refractivity contribution is -0.123. The zero-order valence-electron chi connectivity index (χ0n) is 15.0. The van der Waals surface area contributed by atoms with Crippen LogP contribution in [0, 0.1) is 6.92 Å². The van der Waals surface area contributed by atoms with Crippen LogP contribution in [0.1, 0.15) is 23.0 Å². The average molecular weight is 388 g/mol. The molecule has 0 aliphatic carbocycles. The number of para-hydroxylation sites is 2. The summed E-state index contributed by atoms with van der Waals surface area (Å²) in [5.74, 6) is -0.647. The first-order valence-corrected chi connectivity index (χ1v) is 8.62. The van der Waals surface area contributed by atoms with Gasteiger partial charge in [-0.3, -0.25) is 4.79 Å². The minimum Gasteiger partial charge on any atom is -0.495 e. The molecule has 3 rings (SSSR count). The first-order chi connectivity index (χ1) is 12.9. The Balaban J connectivity index is 1.73. The summed E-state index contributed by atoms with van der Waals surface area (Å²) in [6.45, 7) is 3.22. The molecule has 0 saturated heterocycles. The molecule has 0 aliphatic heterocycles. The molecule has 1 heterocycles. The van der Waals surface area contributed by atoms with Crippen LogP contribution < -0.4 is 10.1 Å². The Labute approximate surface area is 161 Å². The van der Waals surface area contributed by atoms with Gasteiger partial charge in [0.15, 0.2) is 6.10 Å². The van der Waals surface area contributed by atoms with Crippen LogP contribution >= 0.6 is 11.6 Å². The number of anilines is 1. The summed E-state index contributed by atoms with van der Waals surface area (Å²) < 4.78 is 16.0. The maximum atomic E-state index is 12.5. The minimum atomic E-state index is -1.03. The standard InChI is InChI=1S/C20H18ClNO5/c1-11-14-10-13(21)8-9-16(14)27-18(11)20(24)26-12(2)19(23)22-15-6-4-5-7-17(15)25-3/h4-10,12H,1-3H3,(H,22,23)/t12-/m0/s1. The lowest BCUT2D eigenvalue weighted by Crippen LogP contribution is -2.30. The second kappa shape index (κ2) is 7.72. The number of furan rings is 1. The van der Waals surface area contributed by atoms with Crippen molar-refractivity contribution in [3.05, 3.63) is 58.8 Å². The zero-order chi connectivity index (χ0) is 19.6. The molecule has 1 atom stereocenters. The number of ether oxygens (including phenoxy) is 2. The normalized spacial score (nSPS) is 11.9. The minimum absolute atomic E-state index is 0.0456. The molecule has 0 aliphatic rings. The second-order valence-corrected chi connectivity index (χ2v) is 6.37. The van der Waals surface area contributed by atoms with Crippen LogP contribution in [0.5, 0.6) is 5.75 Å². The fourth-order valence-electron chi connectivity index (χ4n) is 2.64. The van der Waals surface area contributed by atoms with Crippen molar-refractivity contribution in [3.63, 3.8) is 0 Å². The van der Waals surface area contributed by atoms with Gasteiger partial charge in [0.05, 0.1) is 12.8 Å². The molecule has 0 fully saturated rings. The van der Waals surface area contributed by atoms with Crippen molar-refractivity contribution in [3.8, 4) is 5.75 Å². The van der Waals surface area contributed by atoms with Crippen molar-refractivity contribution in [2.75, 3.05) is 12.4 Å². The van der Waals surface area contributed by atoms with E-state index in [0.717, 1.165) is 5.39 Å². The van der Waals surface area contributed by atoms with Gasteiger partial charge in [0.1, 0.15) is 11.3 Å². The number of esters is 1. The number of rotatable bonds is 5. The van der Waals surface area contributed by atoms with Crippen LogP contribution in [0.2, 0.25) is 5.02 Å². The molecule has 0 saturated carbocycles. The van der Waals surface area contributed by atoms with Crippen molar-refractivity contribution in [2.45, 2.75) is 20.0 Å². The van der Waals surface area contributed by atoms with Gasteiger partial charge in [-0.05, 0) is 44.2 Å². The van der Waals surface area contributed by atoms with Crippen LogP contribution in [0.15, 0.2) is 46.9 Å². The van der Waals surface area contributed by atoms with E-state index < -0.39 is 18.0 Å². The maximum Gasteiger partial charge on any atom is 0.375 e. The third-order valence-corrected chi connectivity index (χ3v) is 4.34. The van der Waals surface area contributed by atoms with E-state index in [0.29, 0.717) is 27.6 Å². The molecule has 1 amide bonds. The van der Waals surface area contributed by atoms with Gasteiger partial charge in [-0.2, -0.15) is 0 Å². The first kappa shape index (κ1) is 18.8. The summed E-state index contributed by atoms with van der Waals surface area (Å²) in [6, 6.07) is 12.0. The summed E-state index contributed by atoms with van der Waals surface area (Å²) in [6.07, 6.45) is -1.03. The van der Waals surface area contributed by atoms with Crippen molar-refractivity contribution >= 4 is 40.1 Å². The van der Waals surface area contributed by atoms with Crippen molar-refractivity contribution in [1.82, 2.24) is 0 Å². The molecule has 1 N–H and O–H groups in total. The van der Waals surface area contributed by atoms with E-state index >= 15 is 0 Å². The van der Waals surface area contributed by atoms with Gasteiger partial charge in [0.25, 0.3) is 5.91 Å². The zero-order valence-corrected chi connectivity index (χ0v) is 15.8. The van der Waals surface area contributed by atoms with E-state index in [1.807, 2.05) is 0 Å². The Hall–Kier alpha value is -2.99. The third-order valence-electron chi connectivity index (χ3n) is 4.10. The number of hydrogen-bond donors (Lipinski definition) is 1. The summed E-state index contributed by atoms with van der Waals surface area (Å²) in [5, 5.41) is 3.94. The van der Waals surface area contributed by atoms with Gasteiger partial charge in [0.2, 0.25) is 5.76 Å². The molecule has 140 valence electrons. The number of nitrogens with one attached hydrogen (secondary N) is 1. The number of hydrogen-bond acceptors (Lipinski definition) is 5. The highest BCUT2D eigenvalue weighted by Gasteiger charge is 2.24. The van der Waals surface area contributed by atoms with E-state index in [1.54, 1.807) is 49.4 Å². The summed E-state index contributed by atoms with van der Waals surface area (Å²) >= 11 is 5.99. The number of carbonyl (C=O) groups excluding carboxylic acids is 2. The predicted molar refractivity (Wildman–Crippen MR) is 102 cm³/mol. The lowest BCUT2D eigenvalue weighted by Gasteiger charge is -2.14. The second-order valence-electron chi connectivity index (χ2n) is 5.93. The van der Waals surface area contributed by atoms with Gasteiger partial charge in [-0.1, -0.05) is 23.7 Å². The van der Waals surface area contributed by atoms with Crippen LogP contribution in [0.3, 0.4) is 0 Å². The Kier molecular flexibility index (Phi) is 5.37. The summed E-state index contributed by atoms with van der Waals surface area (Å²) in [7, 11) is 1.51. The van der Waals surface area contributed by atoms with E-state index in [4.69, 9.17) is 25.5 Å². The molecule has 0 spiro atoms. The number of methoxy groups -OCH3 is 1. The molecule has 27 heavy (non-hydrogen) atoms. The molecule has 3 aromatic rings. The Bertz CT molecular complexity index is 1010. The first-order valence-electron chi connectivity index (χ1n) is 8.24. The van der Waals surface area contributed by atoms with Crippen LogP contribution in [0.25, 0.3) is 11.0 Å². The van der Waals surface area contributed by atoms with Gasteiger partial charge < -0.3 is 19.2 Å². The summed E-state index contributed by atoms with van der Waals surface area (Å²) in [4.78, 5) is 24.8. The maximum absolute atomic E-state index is 12.5. The highest BCUT2D eigenvalue weighted by molar-refractivity contribution is 6.31. The molecule has 7 heteroatoms. The quantitative estimate of drug-likeness (QED) is 0.648. The molecular weight excluding hydrogens is 370 g/mol. The summed E-state index contributed by atoms with van der Waals surface area (Å²) in [5.41, 5.74) is 1.62. The van der Waals surface area contributed by atoms with E-state index in [2.05, 4.69) is 5.32 Å². The fourth-order valence-corrected chi connectivity index (χ4v) is 2.81. The fraction of sp³-hybridized carbons (Fsp3) is 0.200. The predicted octanol–water partition coefficient (Wildman–Crippen LogP) is 4.59. The molecule has 2 aromatic carbocycles. The molecule has 0 bridgehead atoms. The Morgan fingerprint density at radius 2 is 1.93 bits per heavy atom. The smallest absolute Gasteiger partial charge is 0.375 e. The number of fused-ring (bicyclic) bond motifs is 1. The molecule has 0 radical (unpaired) electrons. The van der Waals surface area contributed by atoms with Crippen molar-refractivity contribution < 1.29 is 23.5 Å². The molecular formula is C20H18ClNO5. The van der Waals surface area contributed by atoms with Crippen molar-refractivity contribution in [2.24, 2.45) is 0 Å². The average Bonchev–Trinajstić information content (AvgIpc) is 2.98. The van der Waals surface area contributed by atoms with Crippen LogP contribution in [-0.2, 0) is 9.53 Å². The monoisotopic (exact) mass is 387 g/mol. The third kappa shape index (κ3) is 3.90. The number of amides is 1.